The Kier molecular flexibility index (Phi) is 5.05. The number of sulfonamides is 1. The van der Waals surface area contributed by atoms with Crippen molar-refractivity contribution in [1.29, 1.82) is 0 Å². The number of hydrogen-bond acceptors (Lipinski definition) is 5. The Hall–Kier alpha value is -1.77. The standard InChI is InChI=1S/C13H19N5O2S/c1-10-7-12(5-4-11(10)8-14)21(19,20)17-6-2-3-13-15-9-16-18-13/h4-5,7,9,17H,2-3,6,8,14H2,1H3,(H,15,16,18). The minimum Gasteiger partial charge on any atom is -0.326 e. The van der Waals surface area contributed by atoms with Crippen molar-refractivity contribution in [2.45, 2.75) is 31.2 Å². The molecule has 0 saturated carbocycles. The second-order valence-electron chi connectivity index (χ2n) is 4.73. The van der Waals surface area contributed by atoms with Gasteiger partial charge in [0.05, 0.1) is 4.90 Å². The molecule has 0 spiro atoms. The van der Waals surface area contributed by atoms with E-state index in [2.05, 4.69) is 19.9 Å². The summed E-state index contributed by atoms with van der Waals surface area (Å²) in [6, 6.07) is 4.97. The highest BCUT2D eigenvalue weighted by Gasteiger charge is 2.14. The van der Waals surface area contributed by atoms with E-state index < -0.39 is 10.0 Å². The molecule has 2 rings (SSSR count). The molecule has 2 aromatic rings. The maximum Gasteiger partial charge on any atom is 0.240 e. The van der Waals surface area contributed by atoms with Crippen LogP contribution in [0.2, 0.25) is 0 Å². The predicted octanol–water partition coefficient (Wildman–Crippen LogP) is 0.483. The largest absolute Gasteiger partial charge is 0.326 e. The first-order chi connectivity index (χ1) is 10.0. The predicted molar refractivity (Wildman–Crippen MR) is 79.0 cm³/mol. The number of aryl methyl sites for hydroxylation is 2. The fraction of sp³-hybridized carbons (Fsp3) is 0.385. The van der Waals surface area contributed by atoms with E-state index in [1.54, 1.807) is 18.2 Å². The highest BCUT2D eigenvalue weighted by Crippen LogP contribution is 2.15. The van der Waals surface area contributed by atoms with Gasteiger partial charge in [-0.3, -0.25) is 5.10 Å². The Morgan fingerprint density at radius 3 is 2.81 bits per heavy atom. The molecule has 0 fully saturated rings. The summed E-state index contributed by atoms with van der Waals surface area (Å²) in [5.41, 5.74) is 7.40. The van der Waals surface area contributed by atoms with Crippen LogP contribution in [0.15, 0.2) is 29.4 Å². The van der Waals surface area contributed by atoms with Crippen LogP contribution in [0.3, 0.4) is 0 Å². The number of hydrogen-bond donors (Lipinski definition) is 3. The average molecular weight is 309 g/mol. The minimum atomic E-state index is -3.49. The van der Waals surface area contributed by atoms with Gasteiger partial charge in [0.2, 0.25) is 10.0 Å². The van der Waals surface area contributed by atoms with Crippen LogP contribution in [0.1, 0.15) is 23.4 Å². The molecule has 0 aliphatic carbocycles. The van der Waals surface area contributed by atoms with Gasteiger partial charge >= 0.3 is 0 Å². The first-order valence-corrected chi connectivity index (χ1v) is 8.15. The first-order valence-electron chi connectivity index (χ1n) is 6.66. The Bertz CT molecular complexity index is 683. The van der Waals surface area contributed by atoms with E-state index in [0.717, 1.165) is 17.0 Å². The second kappa shape index (κ2) is 6.79. The summed E-state index contributed by atoms with van der Waals surface area (Å²) in [4.78, 5) is 4.24. The molecule has 0 unspecified atom stereocenters. The molecule has 21 heavy (non-hydrogen) atoms. The van der Waals surface area contributed by atoms with Crippen molar-refractivity contribution in [2.24, 2.45) is 5.73 Å². The minimum absolute atomic E-state index is 0.261. The maximum absolute atomic E-state index is 12.2. The molecule has 0 saturated heterocycles. The van der Waals surface area contributed by atoms with Gasteiger partial charge in [-0.05, 0) is 36.6 Å². The van der Waals surface area contributed by atoms with E-state index in [0.29, 0.717) is 25.9 Å². The number of nitrogens with zero attached hydrogens (tertiary/aromatic N) is 2. The summed E-state index contributed by atoms with van der Waals surface area (Å²) in [6.45, 7) is 2.60. The Balaban J connectivity index is 1.93. The summed E-state index contributed by atoms with van der Waals surface area (Å²) in [7, 11) is -3.49. The Morgan fingerprint density at radius 1 is 1.38 bits per heavy atom. The number of nitrogens with one attached hydrogen (secondary N) is 2. The van der Waals surface area contributed by atoms with E-state index in [9.17, 15) is 8.42 Å². The average Bonchev–Trinajstić information content (AvgIpc) is 2.97. The molecule has 1 aromatic carbocycles. The highest BCUT2D eigenvalue weighted by atomic mass is 32.2. The van der Waals surface area contributed by atoms with Crippen molar-refractivity contribution in [2.75, 3.05) is 6.54 Å². The molecule has 8 heteroatoms. The molecule has 0 aliphatic heterocycles. The third kappa shape index (κ3) is 4.10. The van der Waals surface area contributed by atoms with Crippen LogP contribution >= 0.6 is 0 Å². The number of aromatic nitrogens is 3. The van der Waals surface area contributed by atoms with Gasteiger partial charge in [-0.2, -0.15) is 5.10 Å². The molecule has 4 N–H and O–H groups in total. The molecule has 0 radical (unpaired) electrons. The normalized spacial score (nSPS) is 11.7. The lowest BCUT2D eigenvalue weighted by Gasteiger charge is -2.09. The Morgan fingerprint density at radius 2 is 2.19 bits per heavy atom. The maximum atomic E-state index is 12.2. The summed E-state index contributed by atoms with van der Waals surface area (Å²) in [5, 5.41) is 6.47. The first kappa shape index (κ1) is 15.6. The third-order valence-electron chi connectivity index (χ3n) is 3.19. The highest BCUT2D eigenvalue weighted by molar-refractivity contribution is 7.89. The molecule has 0 aliphatic rings. The van der Waals surface area contributed by atoms with Crippen LogP contribution in [-0.2, 0) is 23.0 Å². The third-order valence-corrected chi connectivity index (χ3v) is 4.65. The van der Waals surface area contributed by atoms with E-state index in [4.69, 9.17) is 5.73 Å². The van der Waals surface area contributed by atoms with Gasteiger partial charge in [0.15, 0.2) is 0 Å². The molecule has 0 amide bonds. The van der Waals surface area contributed by atoms with Gasteiger partial charge in [0.1, 0.15) is 12.2 Å². The fourth-order valence-electron chi connectivity index (χ4n) is 1.96. The topological polar surface area (TPSA) is 114 Å². The molecule has 0 bridgehead atoms. The fourth-order valence-corrected chi connectivity index (χ4v) is 3.12. The molecule has 1 heterocycles. The summed E-state index contributed by atoms with van der Waals surface area (Å²) in [5.74, 6) is 0.748. The summed E-state index contributed by atoms with van der Waals surface area (Å²) in [6.07, 6.45) is 2.73. The van der Waals surface area contributed by atoms with Crippen LogP contribution in [0.25, 0.3) is 0 Å². The van der Waals surface area contributed by atoms with Gasteiger partial charge in [-0.15, -0.1) is 0 Å². The number of aromatic amines is 1. The van der Waals surface area contributed by atoms with Crippen LogP contribution in [0.4, 0.5) is 0 Å². The zero-order valence-corrected chi connectivity index (χ0v) is 12.7. The second-order valence-corrected chi connectivity index (χ2v) is 6.49. The smallest absolute Gasteiger partial charge is 0.240 e. The van der Waals surface area contributed by atoms with Crippen LogP contribution < -0.4 is 10.5 Å². The van der Waals surface area contributed by atoms with Crippen molar-refractivity contribution in [3.63, 3.8) is 0 Å². The Labute approximate surface area is 124 Å². The molecule has 7 nitrogen and oxygen atoms in total. The lowest BCUT2D eigenvalue weighted by atomic mass is 10.1. The summed E-state index contributed by atoms with van der Waals surface area (Å²) < 4.78 is 26.9. The number of H-pyrrole nitrogens is 1. The summed E-state index contributed by atoms with van der Waals surface area (Å²) >= 11 is 0. The van der Waals surface area contributed by atoms with Gasteiger partial charge in [0, 0.05) is 19.5 Å². The van der Waals surface area contributed by atoms with Crippen molar-refractivity contribution in [3.05, 3.63) is 41.5 Å². The van der Waals surface area contributed by atoms with Crippen molar-refractivity contribution in [3.8, 4) is 0 Å². The van der Waals surface area contributed by atoms with Crippen LogP contribution in [0.5, 0.6) is 0 Å². The van der Waals surface area contributed by atoms with Gasteiger partial charge in [-0.1, -0.05) is 6.07 Å². The van der Waals surface area contributed by atoms with Gasteiger partial charge < -0.3 is 5.73 Å². The molecule has 0 atom stereocenters. The number of rotatable bonds is 7. The molecular formula is C13H19N5O2S. The van der Waals surface area contributed by atoms with Crippen LogP contribution in [0, 0.1) is 6.92 Å². The zero-order chi connectivity index (χ0) is 15.3. The van der Waals surface area contributed by atoms with Crippen molar-refractivity contribution < 1.29 is 8.42 Å². The number of benzene rings is 1. The van der Waals surface area contributed by atoms with E-state index >= 15 is 0 Å². The molecule has 1 aromatic heterocycles. The SMILES string of the molecule is Cc1cc(S(=O)(=O)NCCCc2ncn[nH]2)ccc1CN. The van der Waals surface area contributed by atoms with Crippen LogP contribution in [-0.4, -0.2) is 30.1 Å². The zero-order valence-electron chi connectivity index (χ0n) is 11.8. The monoisotopic (exact) mass is 309 g/mol. The quantitative estimate of drug-likeness (QED) is 0.644. The van der Waals surface area contributed by atoms with Gasteiger partial charge in [-0.25, -0.2) is 18.1 Å². The lowest BCUT2D eigenvalue weighted by Crippen LogP contribution is -2.25. The van der Waals surface area contributed by atoms with Crippen molar-refractivity contribution >= 4 is 10.0 Å². The lowest BCUT2D eigenvalue weighted by molar-refractivity contribution is 0.578. The van der Waals surface area contributed by atoms with E-state index in [1.165, 1.54) is 6.33 Å². The number of nitrogens with two attached hydrogens (primary N) is 1. The van der Waals surface area contributed by atoms with E-state index in [1.807, 2.05) is 6.92 Å². The van der Waals surface area contributed by atoms with Gasteiger partial charge in [0.25, 0.3) is 0 Å². The molecular weight excluding hydrogens is 290 g/mol. The van der Waals surface area contributed by atoms with Crippen molar-refractivity contribution in [1.82, 2.24) is 19.9 Å². The van der Waals surface area contributed by atoms with E-state index in [-0.39, 0.29) is 4.90 Å². The molecule has 114 valence electrons.